The highest BCUT2D eigenvalue weighted by Gasteiger charge is 2.22. The van der Waals surface area contributed by atoms with E-state index in [1.807, 2.05) is 36.4 Å². The largest absolute Gasteiger partial charge is 0.379 e. The zero-order valence-electron chi connectivity index (χ0n) is 13.2. The smallest absolute Gasteiger partial charge is 0.269 e. The van der Waals surface area contributed by atoms with Gasteiger partial charge < -0.3 is 4.74 Å². The van der Waals surface area contributed by atoms with Crippen molar-refractivity contribution in [2.45, 2.75) is 6.04 Å². The summed E-state index contributed by atoms with van der Waals surface area (Å²) in [4.78, 5) is 12.9. The van der Waals surface area contributed by atoms with Crippen LogP contribution >= 0.6 is 0 Å². The van der Waals surface area contributed by atoms with Crippen LogP contribution in [0, 0.1) is 22.0 Å². The van der Waals surface area contributed by atoms with Crippen molar-refractivity contribution in [1.82, 2.24) is 4.90 Å². The van der Waals surface area contributed by atoms with Crippen LogP contribution in [0.2, 0.25) is 0 Å². The molecule has 1 atom stereocenters. The van der Waals surface area contributed by atoms with Gasteiger partial charge in [-0.3, -0.25) is 15.0 Å². The van der Waals surface area contributed by atoms with E-state index < -0.39 is 0 Å². The summed E-state index contributed by atoms with van der Waals surface area (Å²) >= 11 is 0. The van der Waals surface area contributed by atoms with Crippen molar-refractivity contribution in [1.29, 1.82) is 0 Å². The second-order valence-corrected chi connectivity index (χ2v) is 5.54. The Bertz CT molecular complexity index is 759. The molecule has 5 heteroatoms. The molecule has 0 aliphatic carbocycles. The number of nitro benzene ring substituents is 1. The molecule has 0 bridgehead atoms. The molecule has 1 heterocycles. The van der Waals surface area contributed by atoms with Crippen molar-refractivity contribution >= 4 is 5.69 Å². The summed E-state index contributed by atoms with van der Waals surface area (Å²) in [6.07, 6.45) is 0. The van der Waals surface area contributed by atoms with Crippen LogP contribution in [0.1, 0.15) is 17.2 Å². The van der Waals surface area contributed by atoms with Crippen LogP contribution in [0.25, 0.3) is 0 Å². The maximum Gasteiger partial charge on any atom is 0.269 e. The number of hydrogen-bond donors (Lipinski definition) is 0. The lowest BCUT2D eigenvalue weighted by molar-refractivity contribution is -0.384. The van der Waals surface area contributed by atoms with Crippen LogP contribution < -0.4 is 0 Å². The number of ether oxygens (including phenoxy) is 1. The van der Waals surface area contributed by atoms with Gasteiger partial charge in [-0.2, -0.15) is 0 Å². The van der Waals surface area contributed by atoms with E-state index >= 15 is 0 Å². The number of hydrogen-bond acceptors (Lipinski definition) is 4. The van der Waals surface area contributed by atoms with E-state index in [1.165, 1.54) is 6.07 Å². The fourth-order valence-electron chi connectivity index (χ4n) is 2.70. The van der Waals surface area contributed by atoms with Gasteiger partial charge in [0.25, 0.3) is 5.69 Å². The fraction of sp³-hybridized carbons (Fsp3) is 0.263. The first-order valence-electron chi connectivity index (χ1n) is 7.87. The topological polar surface area (TPSA) is 55.6 Å². The van der Waals surface area contributed by atoms with Crippen molar-refractivity contribution < 1.29 is 9.66 Å². The van der Waals surface area contributed by atoms with Gasteiger partial charge in [-0.1, -0.05) is 42.2 Å². The molecule has 3 rings (SSSR count). The molecule has 1 aliphatic heterocycles. The lowest BCUT2D eigenvalue weighted by Gasteiger charge is -2.31. The van der Waals surface area contributed by atoms with Gasteiger partial charge in [0.2, 0.25) is 0 Å². The minimum Gasteiger partial charge on any atom is -0.379 e. The molecule has 2 aromatic carbocycles. The van der Waals surface area contributed by atoms with Crippen LogP contribution in [0.4, 0.5) is 5.69 Å². The Morgan fingerprint density at radius 2 is 1.83 bits per heavy atom. The zero-order valence-corrected chi connectivity index (χ0v) is 13.2. The third-order valence-corrected chi connectivity index (χ3v) is 3.93. The lowest BCUT2D eigenvalue weighted by atomic mass is 10.0. The van der Waals surface area contributed by atoms with E-state index in [1.54, 1.807) is 12.1 Å². The molecule has 1 aliphatic rings. The lowest BCUT2D eigenvalue weighted by Crippen LogP contribution is -2.38. The highest BCUT2D eigenvalue weighted by molar-refractivity contribution is 5.41. The van der Waals surface area contributed by atoms with E-state index in [9.17, 15) is 10.1 Å². The maximum absolute atomic E-state index is 11.1. The van der Waals surface area contributed by atoms with Crippen molar-refractivity contribution in [3.05, 3.63) is 75.8 Å². The number of morpholine rings is 1. The van der Waals surface area contributed by atoms with Gasteiger partial charge in [-0.25, -0.2) is 0 Å². The average Bonchev–Trinajstić information content (AvgIpc) is 2.64. The Morgan fingerprint density at radius 1 is 1.08 bits per heavy atom. The molecule has 0 amide bonds. The SMILES string of the molecule is O=[N+]([O-])c1cccc(C(C#Cc2ccccc2)N2CCOCC2)c1. The van der Waals surface area contributed by atoms with Crippen molar-refractivity contribution in [2.24, 2.45) is 0 Å². The standard InChI is InChI=1S/C19H18N2O3/c22-21(23)18-8-4-7-17(15-18)19(20-11-13-24-14-12-20)10-9-16-5-2-1-3-6-16/h1-8,15,19H,11-14H2. The van der Waals surface area contributed by atoms with Gasteiger partial charge in [0.1, 0.15) is 0 Å². The number of nitrogens with zero attached hydrogens (tertiary/aromatic N) is 2. The Kier molecular flexibility index (Phi) is 5.22. The molecular formula is C19H18N2O3. The predicted molar refractivity (Wildman–Crippen MR) is 91.5 cm³/mol. The molecule has 122 valence electrons. The number of benzene rings is 2. The van der Waals surface area contributed by atoms with E-state index in [-0.39, 0.29) is 16.7 Å². The van der Waals surface area contributed by atoms with Gasteiger partial charge in [-0.05, 0) is 17.7 Å². The van der Waals surface area contributed by atoms with Crippen LogP contribution in [-0.4, -0.2) is 36.1 Å². The van der Waals surface area contributed by atoms with Crippen LogP contribution in [-0.2, 0) is 4.74 Å². The monoisotopic (exact) mass is 322 g/mol. The molecule has 5 nitrogen and oxygen atoms in total. The van der Waals surface area contributed by atoms with Crippen LogP contribution in [0.5, 0.6) is 0 Å². The highest BCUT2D eigenvalue weighted by atomic mass is 16.6. The number of nitro groups is 1. The Balaban J connectivity index is 1.94. The summed E-state index contributed by atoms with van der Waals surface area (Å²) in [7, 11) is 0. The molecule has 24 heavy (non-hydrogen) atoms. The number of non-ortho nitro benzene ring substituents is 1. The average molecular weight is 322 g/mol. The first-order valence-corrected chi connectivity index (χ1v) is 7.87. The predicted octanol–water partition coefficient (Wildman–Crippen LogP) is 3.02. The molecule has 0 radical (unpaired) electrons. The van der Waals surface area contributed by atoms with Crippen molar-refractivity contribution in [2.75, 3.05) is 26.3 Å². The van der Waals surface area contributed by atoms with Crippen molar-refractivity contribution in [3.8, 4) is 11.8 Å². The molecule has 1 unspecified atom stereocenters. The van der Waals surface area contributed by atoms with Gasteiger partial charge in [0.15, 0.2) is 0 Å². The summed E-state index contributed by atoms with van der Waals surface area (Å²) in [6, 6.07) is 16.3. The van der Waals surface area contributed by atoms with Gasteiger partial charge in [0, 0.05) is 30.8 Å². The molecule has 2 aromatic rings. The Morgan fingerprint density at radius 3 is 2.54 bits per heavy atom. The third kappa shape index (κ3) is 3.99. The Hall–Kier alpha value is -2.68. The fourth-order valence-corrected chi connectivity index (χ4v) is 2.70. The summed E-state index contributed by atoms with van der Waals surface area (Å²) in [6.45, 7) is 2.82. The summed E-state index contributed by atoms with van der Waals surface area (Å²) in [5, 5.41) is 11.1. The van der Waals surface area contributed by atoms with Gasteiger partial charge >= 0.3 is 0 Å². The zero-order chi connectivity index (χ0) is 16.8. The minimum absolute atomic E-state index is 0.0901. The van der Waals surface area contributed by atoms with Crippen LogP contribution in [0.15, 0.2) is 54.6 Å². The summed E-state index contributed by atoms with van der Waals surface area (Å²) in [5.41, 5.74) is 1.86. The Labute approximate surface area is 141 Å². The molecule has 0 aromatic heterocycles. The molecule has 1 fully saturated rings. The normalized spacial score (nSPS) is 16.0. The third-order valence-electron chi connectivity index (χ3n) is 3.93. The molecule has 1 saturated heterocycles. The first kappa shape index (κ1) is 16.2. The van der Waals surface area contributed by atoms with E-state index in [0.29, 0.717) is 13.2 Å². The van der Waals surface area contributed by atoms with Gasteiger partial charge in [0.05, 0.1) is 24.2 Å². The van der Waals surface area contributed by atoms with Gasteiger partial charge in [-0.15, -0.1) is 0 Å². The summed E-state index contributed by atoms with van der Waals surface area (Å²) in [5.74, 6) is 6.47. The summed E-state index contributed by atoms with van der Waals surface area (Å²) < 4.78 is 5.41. The molecular weight excluding hydrogens is 304 g/mol. The first-order chi connectivity index (χ1) is 11.7. The molecule has 0 spiro atoms. The molecule has 0 saturated carbocycles. The van der Waals surface area contributed by atoms with E-state index in [4.69, 9.17) is 4.74 Å². The van der Waals surface area contributed by atoms with Crippen LogP contribution in [0.3, 0.4) is 0 Å². The van der Waals surface area contributed by atoms with E-state index in [0.717, 1.165) is 24.2 Å². The van der Waals surface area contributed by atoms with Crippen molar-refractivity contribution in [3.63, 3.8) is 0 Å². The minimum atomic E-state index is -0.371. The van der Waals surface area contributed by atoms with E-state index in [2.05, 4.69) is 16.7 Å². The second kappa shape index (κ2) is 7.73. The number of rotatable bonds is 3. The molecule has 0 N–H and O–H groups in total. The quantitative estimate of drug-likeness (QED) is 0.495. The maximum atomic E-state index is 11.1. The highest BCUT2D eigenvalue weighted by Crippen LogP contribution is 2.24. The second-order valence-electron chi connectivity index (χ2n) is 5.54.